The minimum atomic E-state index is -3.78. The first kappa shape index (κ1) is 27.6. The Kier molecular flexibility index (Phi) is 8.65. The first-order valence-electron chi connectivity index (χ1n) is 12.3. The van der Waals surface area contributed by atoms with Crippen LogP contribution in [0.2, 0.25) is 0 Å². The predicted octanol–water partition coefficient (Wildman–Crippen LogP) is 5.12. The van der Waals surface area contributed by atoms with Crippen molar-refractivity contribution in [2.24, 2.45) is 0 Å². The van der Waals surface area contributed by atoms with Crippen molar-refractivity contribution in [2.45, 2.75) is 18.2 Å². The lowest BCUT2D eigenvalue weighted by Gasteiger charge is -2.22. The van der Waals surface area contributed by atoms with E-state index in [0.29, 0.717) is 29.5 Å². The van der Waals surface area contributed by atoms with Crippen LogP contribution in [0.15, 0.2) is 77.7 Å². The second-order valence-electron chi connectivity index (χ2n) is 9.01. The van der Waals surface area contributed by atoms with Crippen LogP contribution in [-0.2, 0) is 10.0 Å². The van der Waals surface area contributed by atoms with Crippen LogP contribution in [0.5, 0.6) is 5.75 Å². The fourth-order valence-corrected chi connectivity index (χ4v) is 6.17. The molecule has 1 heterocycles. The minimum Gasteiger partial charge on any atom is -0.494 e. The number of amides is 1. The molecule has 3 aromatic carbocycles. The maximum absolute atomic E-state index is 13.7. The molecular weight excluding hydrogens is 520 g/mol. The highest BCUT2D eigenvalue weighted by Crippen LogP contribution is 2.32. The van der Waals surface area contributed by atoms with Crippen LogP contribution in [0.3, 0.4) is 0 Å². The Hall–Kier alpha value is -3.47. The van der Waals surface area contributed by atoms with Crippen molar-refractivity contribution in [3.05, 3.63) is 78.4 Å². The molecule has 0 N–H and O–H groups in total. The second-order valence-corrected chi connectivity index (χ2v) is 12.0. The molecule has 1 amide bonds. The van der Waals surface area contributed by atoms with Crippen molar-refractivity contribution in [1.29, 1.82) is 0 Å². The molecule has 4 aromatic rings. The summed E-state index contributed by atoms with van der Waals surface area (Å²) in [5.74, 6) is 0.533. The van der Waals surface area contributed by atoms with Gasteiger partial charge in [0.2, 0.25) is 0 Å². The Balaban J connectivity index is 1.61. The average Bonchev–Trinajstić information content (AvgIpc) is 3.34. The van der Waals surface area contributed by atoms with Gasteiger partial charge in [-0.1, -0.05) is 29.5 Å². The lowest BCUT2D eigenvalue weighted by Crippen LogP contribution is -2.33. The van der Waals surface area contributed by atoms with Crippen molar-refractivity contribution >= 4 is 48.3 Å². The van der Waals surface area contributed by atoms with Gasteiger partial charge in [-0.3, -0.25) is 14.0 Å². The van der Waals surface area contributed by atoms with Gasteiger partial charge >= 0.3 is 0 Å². The van der Waals surface area contributed by atoms with Gasteiger partial charge in [0.25, 0.3) is 15.9 Å². The molecule has 0 saturated heterocycles. The van der Waals surface area contributed by atoms with Gasteiger partial charge in [0, 0.05) is 19.2 Å². The molecule has 0 bridgehead atoms. The second kappa shape index (κ2) is 11.9. The van der Waals surface area contributed by atoms with Gasteiger partial charge in [-0.05, 0) is 88.6 Å². The van der Waals surface area contributed by atoms with Gasteiger partial charge in [-0.25, -0.2) is 13.4 Å². The van der Waals surface area contributed by atoms with E-state index in [9.17, 15) is 13.2 Å². The van der Waals surface area contributed by atoms with Crippen LogP contribution >= 0.6 is 11.3 Å². The zero-order valence-corrected chi connectivity index (χ0v) is 23.6. The van der Waals surface area contributed by atoms with Gasteiger partial charge < -0.3 is 9.64 Å². The molecule has 0 saturated carbocycles. The summed E-state index contributed by atoms with van der Waals surface area (Å²) in [6.07, 6.45) is 0.757. The van der Waals surface area contributed by atoms with Crippen molar-refractivity contribution in [2.75, 3.05) is 50.0 Å². The molecule has 0 atom stereocenters. The van der Waals surface area contributed by atoms with E-state index in [1.54, 1.807) is 41.3 Å². The minimum absolute atomic E-state index is 0.114. The smallest absolute Gasteiger partial charge is 0.264 e. The number of aromatic nitrogens is 1. The summed E-state index contributed by atoms with van der Waals surface area (Å²) in [5.41, 5.74) is 1.75. The van der Waals surface area contributed by atoms with E-state index in [-0.39, 0.29) is 10.8 Å². The van der Waals surface area contributed by atoms with E-state index in [4.69, 9.17) is 9.72 Å². The van der Waals surface area contributed by atoms with E-state index < -0.39 is 10.0 Å². The Bertz CT molecular complexity index is 1490. The molecule has 10 heteroatoms. The number of nitrogens with zero attached hydrogens (tertiary/aromatic N) is 4. The van der Waals surface area contributed by atoms with Gasteiger partial charge in [-0.2, -0.15) is 0 Å². The number of hydrogen-bond acceptors (Lipinski definition) is 7. The van der Waals surface area contributed by atoms with Crippen LogP contribution in [-0.4, -0.2) is 65.0 Å². The summed E-state index contributed by atoms with van der Waals surface area (Å²) in [7, 11) is 1.72. The summed E-state index contributed by atoms with van der Waals surface area (Å²) in [6.45, 7) is 3.79. The third-order valence-electron chi connectivity index (χ3n) is 6.00. The third kappa shape index (κ3) is 6.15. The summed E-state index contributed by atoms with van der Waals surface area (Å²) in [6, 6.07) is 20.7. The number of hydrogen-bond donors (Lipinski definition) is 0. The molecule has 4 rings (SSSR count). The van der Waals surface area contributed by atoms with Crippen molar-refractivity contribution < 1.29 is 17.9 Å². The quantitative estimate of drug-likeness (QED) is 0.257. The number of benzene rings is 3. The standard InChI is InChI=1S/C28H32N4O4S2/c1-5-36-23-14-17-25-26(20-23)37-28(29-25)32(19-9-18-30(2)3)27(33)21-12-15-24(16-13-21)38(34,35)31(4)22-10-7-6-8-11-22/h6-8,10-17,20H,5,9,18-19H2,1-4H3. The zero-order chi connectivity index (χ0) is 27.3. The number of carbonyl (C=O) groups excluding carboxylic acids is 1. The molecule has 38 heavy (non-hydrogen) atoms. The largest absolute Gasteiger partial charge is 0.494 e. The van der Waals surface area contributed by atoms with Gasteiger partial charge in [-0.15, -0.1) is 0 Å². The highest BCUT2D eigenvalue weighted by Gasteiger charge is 2.24. The molecule has 0 spiro atoms. The van der Waals surface area contributed by atoms with Crippen LogP contribution in [0.1, 0.15) is 23.7 Å². The highest BCUT2D eigenvalue weighted by molar-refractivity contribution is 7.92. The van der Waals surface area contributed by atoms with Crippen molar-refractivity contribution in [3.8, 4) is 5.75 Å². The Morgan fingerprint density at radius 3 is 2.32 bits per heavy atom. The molecule has 0 fully saturated rings. The molecule has 0 radical (unpaired) electrons. The lowest BCUT2D eigenvalue weighted by atomic mass is 10.2. The van der Waals surface area contributed by atoms with Gasteiger partial charge in [0.05, 0.1) is 27.4 Å². The normalized spacial score (nSPS) is 11.6. The lowest BCUT2D eigenvalue weighted by molar-refractivity contribution is 0.0986. The maximum Gasteiger partial charge on any atom is 0.264 e. The monoisotopic (exact) mass is 552 g/mol. The maximum atomic E-state index is 13.7. The van der Waals surface area contributed by atoms with E-state index in [1.165, 1.54) is 34.8 Å². The number of ether oxygens (including phenoxy) is 1. The molecule has 8 nitrogen and oxygen atoms in total. The number of rotatable bonds is 11. The Morgan fingerprint density at radius 1 is 0.947 bits per heavy atom. The number of sulfonamides is 1. The molecule has 0 aliphatic heterocycles. The van der Waals surface area contributed by atoms with Crippen molar-refractivity contribution in [3.63, 3.8) is 0 Å². The first-order chi connectivity index (χ1) is 18.2. The summed E-state index contributed by atoms with van der Waals surface area (Å²) >= 11 is 1.43. The molecular formula is C28H32N4O4S2. The number of carbonyl (C=O) groups is 1. The average molecular weight is 553 g/mol. The van der Waals surface area contributed by atoms with E-state index >= 15 is 0 Å². The first-order valence-corrected chi connectivity index (χ1v) is 14.6. The van der Waals surface area contributed by atoms with Gasteiger partial charge in [0.1, 0.15) is 5.75 Å². The molecule has 200 valence electrons. The van der Waals surface area contributed by atoms with Crippen LogP contribution in [0.4, 0.5) is 10.8 Å². The fraction of sp³-hybridized carbons (Fsp3) is 0.286. The number of thiazole rings is 1. The van der Waals surface area contributed by atoms with E-state index in [1.807, 2.05) is 45.3 Å². The summed E-state index contributed by atoms with van der Waals surface area (Å²) in [5, 5.41) is 0.595. The molecule has 0 unspecified atom stereocenters. The molecule has 0 aliphatic carbocycles. The Morgan fingerprint density at radius 2 is 1.66 bits per heavy atom. The highest BCUT2D eigenvalue weighted by atomic mass is 32.2. The Labute approximate surface area is 228 Å². The van der Waals surface area contributed by atoms with Crippen LogP contribution < -0.4 is 13.9 Å². The topological polar surface area (TPSA) is 83.0 Å². The summed E-state index contributed by atoms with van der Waals surface area (Å²) < 4.78 is 34.1. The van der Waals surface area contributed by atoms with E-state index in [0.717, 1.165) is 28.9 Å². The fourth-order valence-electron chi connectivity index (χ4n) is 3.95. The molecule has 1 aromatic heterocycles. The zero-order valence-electron chi connectivity index (χ0n) is 22.0. The van der Waals surface area contributed by atoms with Crippen LogP contribution in [0, 0.1) is 0 Å². The van der Waals surface area contributed by atoms with Crippen molar-refractivity contribution in [1.82, 2.24) is 9.88 Å². The number of anilines is 2. The predicted molar refractivity (Wildman–Crippen MR) is 154 cm³/mol. The SMILES string of the molecule is CCOc1ccc2nc(N(CCCN(C)C)C(=O)c3ccc(S(=O)(=O)N(C)c4ccccc4)cc3)sc2c1. The summed E-state index contributed by atoms with van der Waals surface area (Å²) in [4.78, 5) is 22.3. The van der Waals surface area contributed by atoms with E-state index in [2.05, 4.69) is 4.90 Å². The van der Waals surface area contributed by atoms with Gasteiger partial charge in [0.15, 0.2) is 5.13 Å². The third-order valence-corrected chi connectivity index (χ3v) is 8.84. The number of fused-ring (bicyclic) bond motifs is 1. The number of para-hydroxylation sites is 1. The molecule has 0 aliphatic rings. The van der Waals surface area contributed by atoms with Crippen LogP contribution in [0.25, 0.3) is 10.2 Å².